The van der Waals surface area contributed by atoms with Crippen LogP contribution >= 0.6 is 11.6 Å². The van der Waals surface area contributed by atoms with Gasteiger partial charge < -0.3 is 10.8 Å². The van der Waals surface area contributed by atoms with E-state index < -0.39 is 11.6 Å². The van der Waals surface area contributed by atoms with E-state index in [9.17, 15) is 9.90 Å². The zero-order valence-corrected chi connectivity index (χ0v) is 12.9. The van der Waals surface area contributed by atoms with E-state index in [1.54, 1.807) is 18.2 Å². The molecule has 0 aromatic heterocycles. The molecule has 1 aliphatic rings. The van der Waals surface area contributed by atoms with Gasteiger partial charge >= 0.3 is 0 Å². The van der Waals surface area contributed by atoms with E-state index in [0.29, 0.717) is 23.4 Å². The summed E-state index contributed by atoms with van der Waals surface area (Å²) < 4.78 is 0. The van der Waals surface area contributed by atoms with Gasteiger partial charge in [0.2, 0.25) is 0 Å². The number of Topliss-reactive ketones (excluding diaryl/α,β-unsaturated/α-hetero) is 1. The Morgan fingerprint density at radius 1 is 1.35 bits per heavy atom. The fourth-order valence-corrected chi connectivity index (χ4v) is 3.28. The number of hydrogen-bond acceptors (Lipinski definition) is 3. The monoisotopic (exact) mass is 295 g/mol. The van der Waals surface area contributed by atoms with Crippen molar-refractivity contribution in [3.8, 4) is 0 Å². The van der Waals surface area contributed by atoms with Crippen molar-refractivity contribution in [2.45, 2.75) is 45.3 Å². The molecule has 20 heavy (non-hydrogen) atoms. The summed E-state index contributed by atoms with van der Waals surface area (Å²) in [5.41, 5.74) is 5.80. The SMILES string of the molecule is CC(C)(C)[C@H]1C[C@H](O)C(=O)[C@@](N)(c2ccccc2Cl)C1. The average Bonchev–Trinajstić information content (AvgIpc) is 2.34. The number of rotatable bonds is 1. The number of aliphatic hydroxyl groups is 1. The summed E-state index contributed by atoms with van der Waals surface area (Å²) in [6.45, 7) is 6.31. The first-order valence-corrected chi connectivity index (χ1v) is 7.30. The van der Waals surface area contributed by atoms with Gasteiger partial charge in [-0.15, -0.1) is 0 Å². The minimum absolute atomic E-state index is 0.0203. The minimum atomic E-state index is -1.20. The number of benzene rings is 1. The molecule has 0 radical (unpaired) electrons. The second-order valence-corrected chi connectivity index (χ2v) is 7.24. The predicted octanol–water partition coefficient (Wildman–Crippen LogP) is 2.88. The molecule has 2 rings (SSSR count). The number of aliphatic hydroxyl groups excluding tert-OH is 1. The Morgan fingerprint density at radius 3 is 2.50 bits per heavy atom. The van der Waals surface area contributed by atoms with Crippen molar-refractivity contribution >= 4 is 17.4 Å². The molecule has 3 atom stereocenters. The van der Waals surface area contributed by atoms with Crippen molar-refractivity contribution in [1.82, 2.24) is 0 Å². The van der Waals surface area contributed by atoms with E-state index in [4.69, 9.17) is 17.3 Å². The Balaban J connectivity index is 2.47. The van der Waals surface area contributed by atoms with Gasteiger partial charge in [-0.1, -0.05) is 50.6 Å². The highest BCUT2D eigenvalue weighted by Crippen LogP contribution is 2.44. The van der Waals surface area contributed by atoms with Gasteiger partial charge in [-0.2, -0.15) is 0 Å². The van der Waals surface area contributed by atoms with Crippen LogP contribution < -0.4 is 5.73 Å². The van der Waals surface area contributed by atoms with Gasteiger partial charge in [0.1, 0.15) is 11.6 Å². The minimum Gasteiger partial charge on any atom is -0.385 e. The Bertz CT molecular complexity index is 523. The highest BCUT2D eigenvalue weighted by Gasteiger charge is 2.49. The number of ketones is 1. The lowest BCUT2D eigenvalue weighted by molar-refractivity contribution is -0.140. The molecule has 1 aromatic rings. The Labute approximate surface area is 125 Å². The van der Waals surface area contributed by atoms with E-state index in [1.165, 1.54) is 0 Å². The molecular formula is C16H22ClNO2. The molecule has 0 saturated heterocycles. The summed E-state index contributed by atoms with van der Waals surface area (Å²) in [5.74, 6) is -0.164. The molecule has 0 unspecified atom stereocenters. The molecule has 0 heterocycles. The van der Waals surface area contributed by atoms with Gasteiger partial charge in [-0.25, -0.2) is 0 Å². The van der Waals surface area contributed by atoms with Gasteiger partial charge in [0.15, 0.2) is 5.78 Å². The van der Waals surface area contributed by atoms with Crippen LogP contribution in [0.1, 0.15) is 39.2 Å². The largest absolute Gasteiger partial charge is 0.385 e. The van der Waals surface area contributed by atoms with Crippen molar-refractivity contribution in [3.63, 3.8) is 0 Å². The van der Waals surface area contributed by atoms with Crippen LogP contribution in [0.3, 0.4) is 0 Å². The molecule has 0 aliphatic heterocycles. The van der Waals surface area contributed by atoms with Crippen LogP contribution in [0.25, 0.3) is 0 Å². The third-order valence-electron chi connectivity index (χ3n) is 4.40. The number of nitrogens with two attached hydrogens (primary N) is 1. The number of halogens is 1. The second-order valence-electron chi connectivity index (χ2n) is 6.83. The van der Waals surface area contributed by atoms with Crippen molar-refractivity contribution in [2.75, 3.05) is 0 Å². The third-order valence-corrected chi connectivity index (χ3v) is 4.73. The highest BCUT2D eigenvalue weighted by molar-refractivity contribution is 6.31. The van der Waals surface area contributed by atoms with Gasteiger partial charge in [0, 0.05) is 5.02 Å². The zero-order valence-electron chi connectivity index (χ0n) is 12.2. The van der Waals surface area contributed by atoms with E-state index >= 15 is 0 Å². The summed E-state index contributed by atoms with van der Waals surface area (Å²) in [6.07, 6.45) is -0.0451. The summed E-state index contributed by atoms with van der Waals surface area (Å²) >= 11 is 6.21. The lowest BCUT2D eigenvalue weighted by Crippen LogP contribution is -2.56. The molecule has 3 nitrogen and oxygen atoms in total. The molecule has 110 valence electrons. The van der Waals surface area contributed by atoms with Crippen LogP contribution in [0, 0.1) is 11.3 Å². The van der Waals surface area contributed by atoms with Crippen molar-refractivity contribution in [3.05, 3.63) is 34.9 Å². The average molecular weight is 296 g/mol. The summed E-state index contributed by atoms with van der Waals surface area (Å²) in [6, 6.07) is 7.13. The van der Waals surface area contributed by atoms with Gasteiger partial charge in [0.05, 0.1) is 0 Å². The topological polar surface area (TPSA) is 63.3 Å². The smallest absolute Gasteiger partial charge is 0.185 e. The lowest BCUT2D eigenvalue weighted by Gasteiger charge is -2.44. The molecule has 0 amide bonds. The zero-order chi connectivity index (χ0) is 15.1. The van der Waals surface area contributed by atoms with Crippen LogP contribution in [0.4, 0.5) is 0 Å². The maximum Gasteiger partial charge on any atom is 0.185 e. The first-order chi connectivity index (χ1) is 9.16. The lowest BCUT2D eigenvalue weighted by atomic mass is 9.63. The summed E-state index contributed by atoms with van der Waals surface area (Å²) in [7, 11) is 0. The van der Waals surface area contributed by atoms with E-state index in [1.807, 2.05) is 6.07 Å². The van der Waals surface area contributed by atoms with Crippen LogP contribution in [0.2, 0.25) is 5.02 Å². The summed E-state index contributed by atoms with van der Waals surface area (Å²) in [4.78, 5) is 12.4. The second kappa shape index (κ2) is 5.14. The standard InChI is InChI=1S/C16H22ClNO2/c1-15(2,3)10-8-13(19)14(20)16(18,9-10)11-6-4-5-7-12(11)17/h4-7,10,13,19H,8-9,18H2,1-3H3/t10-,13-,16-/m0/s1. The molecule has 3 N–H and O–H groups in total. The van der Waals surface area contributed by atoms with Gasteiger partial charge in [-0.05, 0) is 35.8 Å². The van der Waals surface area contributed by atoms with E-state index in [-0.39, 0.29) is 17.1 Å². The Hall–Kier alpha value is -0.900. The maximum absolute atomic E-state index is 12.4. The van der Waals surface area contributed by atoms with Crippen LogP contribution in [-0.4, -0.2) is 17.0 Å². The maximum atomic E-state index is 12.4. The Kier molecular flexibility index (Phi) is 3.98. The quantitative estimate of drug-likeness (QED) is 0.837. The van der Waals surface area contributed by atoms with E-state index in [0.717, 1.165) is 0 Å². The van der Waals surface area contributed by atoms with Gasteiger partial charge in [-0.3, -0.25) is 4.79 Å². The first-order valence-electron chi connectivity index (χ1n) is 6.92. The van der Waals surface area contributed by atoms with E-state index in [2.05, 4.69) is 20.8 Å². The molecule has 0 spiro atoms. The Morgan fingerprint density at radius 2 is 1.95 bits per heavy atom. The van der Waals surface area contributed by atoms with Crippen LogP contribution in [-0.2, 0) is 10.3 Å². The molecule has 1 saturated carbocycles. The van der Waals surface area contributed by atoms with Crippen molar-refractivity contribution < 1.29 is 9.90 Å². The fourth-order valence-electron chi connectivity index (χ4n) is 2.97. The normalized spacial score (nSPS) is 31.4. The number of carbonyl (C=O) groups is 1. The molecule has 0 bridgehead atoms. The molecule has 1 aromatic carbocycles. The molecule has 4 heteroatoms. The van der Waals surface area contributed by atoms with Crippen LogP contribution in [0.15, 0.2) is 24.3 Å². The van der Waals surface area contributed by atoms with Crippen molar-refractivity contribution in [1.29, 1.82) is 0 Å². The first kappa shape index (κ1) is 15.5. The van der Waals surface area contributed by atoms with Gasteiger partial charge in [0.25, 0.3) is 0 Å². The fraction of sp³-hybridized carbons (Fsp3) is 0.562. The predicted molar refractivity (Wildman–Crippen MR) is 80.5 cm³/mol. The number of hydrogen-bond donors (Lipinski definition) is 2. The van der Waals surface area contributed by atoms with Crippen molar-refractivity contribution in [2.24, 2.45) is 17.1 Å². The third kappa shape index (κ3) is 2.62. The molecule has 1 aliphatic carbocycles. The van der Waals surface area contributed by atoms with Crippen LogP contribution in [0.5, 0.6) is 0 Å². The number of carbonyl (C=O) groups excluding carboxylic acids is 1. The highest BCUT2D eigenvalue weighted by atomic mass is 35.5. The molecule has 1 fully saturated rings. The summed E-state index contributed by atoms with van der Waals surface area (Å²) in [5, 5.41) is 10.6. The molecular weight excluding hydrogens is 274 g/mol.